The second-order valence-corrected chi connectivity index (χ2v) is 8.44. The number of carboxylic acids is 1. The predicted octanol–water partition coefficient (Wildman–Crippen LogP) is 2.27. The van der Waals surface area contributed by atoms with E-state index in [9.17, 15) is 19.2 Å². The van der Waals surface area contributed by atoms with E-state index in [-0.39, 0.29) is 30.1 Å². The summed E-state index contributed by atoms with van der Waals surface area (Å²) in [7, 11) is 0. The summed E-state index contributed by atoms with van der Waals surface area (Å²) in [6.45, 7) is 0.405. The van der Waals surface area contributed by atoms with Crippen LogP contribution < -0.4 is 5.32 Å². The minimum Gasteiger partial charge on any atom is -0.481 e. The van der Waals surface area contributed by atoms with Crippen molar-refractivity contribution in [2.45, 2.75) is 64.0 Å². The lowest BCUT2D eigenvalue weighted by Gasteiger charge is -2.29. The van der Waals surface area contributed by atoms with Crippen LogP contribution in [0.3, 0.4) is 0 Å². The molecular weight excluding hydrogens is 372 g/mol. The number of fused-ring (bicyclic) bond motifs is 1. The Labute approximate surface area is 169 Å². The van der Waals surface area contributed by atoms with E-state index in [1.165, 1.54) is 0 Å². The molecule has 1 atom stereocenters. The topological polar surface area (TPSA) is 104 Å². The summed E-state index contributed by atoms with van der Waals surface area (Å²) in [4.78, 5) is 49.2. The molecule has 4 rings (SSSR count). The highest BCUT2D eigenvalue weighted by Gasteiger charge is 2.39. The molecule has 1 aromatic carbocycles. The number of carbonyl (C=O) groups excluding carboxylic acids is 3. The average molecular weight is 398 g/mol. The van der Waals surface area contributed by atoms with Crippen LogP contribution in [0, 0.1) is 11.8 Å². The number of aliphatic carboxylic acids is 1. The third kappa shape index (κ3) is 3.91. The highest BCUT2D eigenvalue weighted by Crippen LogP contribution is 2.34. The van der Waals surface area contributed by atoms with Gasteiger partial charge >= 0.3 is 5.97 Å². The highest BCUT2D eigenvalue weighted by molar-refractivity contribution is 6.05. The normalized spacial score (nSPS) is 27.0. The Hall–Kier alpha value is -2.70. The summed E-state index contributed by atoms with van der Waals surface area (Å²) in [5.74, 6) is -1.18. The maximum absolute atomic E-state index is 12.9. The van der Waals surface area contributed by atoms with Crippen molar-refractivity contribution < 1.29 is 24.3 Å². The Bertz CT molecular complexity index is 857. The number of nitrogens with one attached hydrogen (secondary N) is 1. The fourth-order valence-corrected chi connectivity index (χ4v) is 4.94. The fraction of sp³-hybridized carbons (Fsp3) is 0.545. The number of hydrogen-bond acceptors (Lipinski definition) is 4. The Morgan fingerprint density at radius 2 is 1.86 bits per heavy atom. The molecule has 0 aromatic heterocycles. The molecule has 1 aliphatic carbocycles. The molecule has 7 heteroatoms. The van der Waals surface area contributed by atoms with Gasteiger partial charge in [0, 0.05) is 18.5 Å². The first-order valence-corrected chi connectivity index (χ1v) is 10.4. The zero-order valence-electron chi connectivity index (χ0n) is 16.4. The molecule has 2 N–H and O–H groups in total. The maximum Gasteiger partial charge on any atom is 0.306 e. The number of aryl methyl sites for hydroxylation is 1. The summed E-state index contributed by atoms with van der Waals surface area (Å²) in [6, 6.07) is 5.15. The molecule has 1 saturated carbocycles. The summed E-state index contributed by atoms with van der Waals surface area (Å²) in [5, 5.41) is 11.5. The number of hydrogen-bond donors (Lipinski definition) is 2. The van der Waals surface area contributed by atoms with Crippen molar-refractivity contribution in [2.75, 3.05) is 0 Å². The van der Waals surface area contributed by atoms with Crippen LogP contribution in [-0.2, 0) is 27.3 Å². The van der Waals surface area contributed by atoms with Crippen molar-refractivity contribution >= 4 is 23.7 Å². The van der Waals surface area contributed by atoms with E-state index in [1.54, 1.807) is 4.90 Å². The van der Waals surface area contributed by atoms with Crippen LogP contribution >= 0.6 is 0 Å². The Kier molecular flexibility index (Phi) is 5.39. The first kappa shape index (κ1) is 19.6. The Morgan fingerprint density at radius 3 is 2.55 bits per heavy atom. The van der Waals surface area contributed by atoms with Gasteiger partial charge in [-0.25, -0.2) is 0 Å². The van der Waals surface area contributed by atoms with Gasteiger partial charge in [0.2, 0.25) is 11.8 Å². The number of carbonyl (C=O) groups is 4. The first-order chi connectivity index (χ1) is 13.9. The van der Waals surface area contributed by atoms with Crippen LogP contribution in [0.2, 0.25) is 0 Å². The van der Waals surface area contributed by atoms with Crippen LogP contribution in [0.1, 0.15) is 66.4 Å². The molecule has 3 amide bonds. The van der Waals surface area contributed by atoms with Gasteiger partial charge in [-0.1, -0.05) is 12.1 Å². The van der Waals surface area contributed by atoms with Gasteiger partial charge in [-0.2, -0.15) is 0 Å². The first-order valence-electron chi connectivity index (χ1n) is 10.4. The number of carboxylic acid groups (broad SMARTS) is 1. The zero-order valence-corrected chi connectivity index (χ0v) is 16.4. The number of piperidine rings is 1. The lowest BCUT2D eigenvalue weighted by molar-refractivity contribution is -0.143. The van der Waals surface area contributed by atoms with Gasteiger partial charge in [0.15, 0.2) is 0 Å². The van der Waals surface area contributed by atoms with Crippen LogP contribution in [-0.4, -0.2) is 39.7 Å². The molecule has 1 unspecified atom stereocenters. The van der Waals surface area contributed by atoms with Crippen LogP contribution in [0.5, 0.6) is 0 Å². The van der Waals surface area contributed by atoms with Crippen LogP contribution in [0.25, 0.3) is 0 Å². The summed E-state index contributed by atoms with van der Waals surface area (Å²) in [5.41, 5.74) is 2.77. The van der Waals surface area contributed by atoms with E-state index in [1.807, 2.05) is 18.2 Å². The minimum atomic E-state index is -0.684. The second kappa shape index (κ2) is 7.97. The molecule has 1 saturated heterocycles. The van der Waals surface area contributed by atoms with Gasteiger partial charge in [-0.3, -0.25) is 24.5 Å². The molecule has 2 heterocycles. The second-order valence-electron chi connectivity index (χ2n) is 8.44. The van der Waals surface area contributed by atoms with E-state index < -0.39 is 12.0 Å². The third-order valence-corrected chi connectivity index (χ3v) is 6.70. The molecule has 0 radical (unpaired) electrons. The maximum atomic E-state index is 12.9. The lowest BCUT2D eigenvalue weighted by Crippen LogP contribution is -2.52. The predicted molar refractivity (Wildman–Crippen MR) is 104 cm³/mol. The molecule has 2 fully saturated rings. The fourth-order valence-electron chi connectivity index (χ4n) is 4.94. The van der Waals surface area contributed by atoms with Crippen molar-refractivity contribution in [1.82, 2.24) is 10.2 Å². The number of imide groups is 1. The quantitative estimate of drug-likeness (QED) is 0.741. The van der Waals surface area contributed by atoms with Gasteiger partial charge in [0.1, 0.15) is 6.04 Å². The van der Waals surface area contributed by atoms with Crippen molar-refractivity contribution in [1.29, 1.82) is 0 Å². The van der Waals surface area contributed by atoms with Gasteiger partial charge in [-0.15, -0.1) is 0 Å². The summed E-state index contributed by atoms with van der Waals surface area (Å²) in [6.07, 6.45) is 5.82. The van der Waals surface area contributed by atoms with E-state index >= 15 is 0 Å². The third-order valence-electron chi connectivity index (χ3n) is 6.70. The molecule has 0 bridgehead atoms. The number of nitrogens with zero attached hydrogens (tertiary/aromatic N) is 1. The zero-order chi connectivity index (χ0) is 20.5. The number of amides is 3. The average Bonchev–Trinajstić information content (AvgIpc) is 3.04. The summed E-state index contributed by atoms with van der Waals surface area (Å²) < 4.78 is 0. The molecule has 2 aliphatic heterocycles. The van der Waals surface area contributed by atoms with Crippen molar-refractivity contribution in [3.8, 4) is 0 Å². The van der Waals surface area contributed by atoms with Crippen molar-refractivity contribution in [3.05, 3.63) is 34.9 Å². The smallest absolute Gasteiger partial charge is 0.306 e. The van der Waals surface area contributed by atoms with E-state index in [2.05, 4.69) is 5.32 Å². The molecule has 0 spiro atoms. The van der Waals surface area contributed by atoms with Gasteiger partial charge in [-0.05, 0) is 68.1 Å². The molecule has 1 aromatic rings. The lowest BCUT2D eigenvalue weighted by atomic mass is 9.79. The van der Waals surface area contributed by atoms with Gasteiger partial charge in [0.05, 0.1) is 5.92 Å². The van der Waals surface area contributed by atoms with E-state index in [0.717, 1.165) is 49.7 Å². The molecule has 7 nitrogen and oxygen atoms in total. The molecule has 154 valence electrons. The van der Waals surface area contributed by atoms with Crippen molar-refractivity contribution in [3.63, 3.8) is 0 Å². The van der Waals surface area contributed by atoms with Gasteiger partial charge in [0.25, 0.3) is 5.91 Å². The van der Waals surface area contributed by atoms with Gasteiger partial charge < -0.3 is 10.0 Å². The van der Waals surface area contributed by atoms with E-state index in [4.69, 9.17) is 5.11 Å². The van der Waals surface area contributed by atoms with Crippen LogP contribution in [0.4, 0.5) is 0 Å². The number of rotatable bonds is 5. The van der Waals surface area contributed by atoms with Crippen LogP contribution in [0.15, 0.2) is 18.2 Å². The standard InChI is InChI=1S/C22H26N2O5/c25-19-11-10-18(20(26)23-19)24-12-17-14(2-1-3-16(17)21(24)27)7-4-13-5-8-15(9-6-13)22(28)29/h1-3,13,15,18H,4-12H2,(H,28,29)(H,23,25,26). The molecule has 3 aliphatic rings. The largest absolute Gasteiger partial charge is 0.481 e. The Morgan fingerprint density at radius 1 is 1.10 bits per heavy atom. The highest BCUT2D eigenvalue weighted by atomic mass is 16.4. The Balaban J connectivity index is 1.41. The minimum absolute atomic E-state index is 0.140. The number of benzene rings is 1. The molecule has 29 heavy (non-hydrogen) atoms. The summed E-state index contributed by atoms with van der Waals surface area (Å²) >= 11 is 0. The molecular formula is C22H26N2O5. The monoisotopic (exact) mass is 398 g/mol. The van der Waals surface area contributed by atoms with Crippen molar-refractivity contribution in [2.24, 2.45) is 11.8 Å². The van der Waals surface area contributed by atoms with E-state index in [0.29, 0.717) is 24.4 Å². The SMILES string of the molecule is O=C1CCC(N2Cc3c(CCC4CCC(C(=O)O)CC4)cccc3C2=O)C(=O)N1.